The van der Waals surface area contributed by atoms with Gasteiger partial charge in [-0.2, -0.15) is 0 Å². The second-order valence-corrected chi connectivity index (χ2v) is 4.69. The molecule has 0 rings (SSSR count). The molecule has 0 fully saturated rings. The van der Waals surface area contributed by atoms with E-state index in [-0.39, 0.29) is 11.8 Å². The molecule has 0 aliphatic rings. The number of hydrogen-bond acceptors (Lipinski definition) is 3. The first-order chi connectivity index (χ1) is 7.22. The Kier molecular flexibility index (Phi) is 5.44. The topological polar surface area (TPSA) is 78.4 Å². The highest BCUT2D eigenvalue weighted by atomic mass is 16.4. The van der Waals surface area contributed by atoms with E-state index in [1.807, 2.05) is 6.92 Å². The monoisotopic (exact) mass is 230 g/mol. The van der Waals surface area contributed by atoms with Crippen molar-refractivity contribution >= 4 is 11.9 Å². The summed E-state index contributed by atoms with van der Waals surface area (Å²) in [6, 6.07) is -0.842. The minimum absolute atomic E-state index is 0.140. The summed E-state index contributed by atoms with van der Waals surface area (Å²) in [5.74, 6) is -1.44. The van der Waals surface area contributed by atoms with Crippen molar-refractivity contribution in [2.24, 2.45) is 5.92 Å². The number of carboxylic acid groups (broad SMARTS) is 1. The fourth-order valence-corrected chi connectivity index (χ4v) is 1.36. The van der Waals surface area contributed by atoms with Crippen LogP contribution in [0.15, 0.2) is 0 Å². The molecule has 5 nitrogen and oxygen atoms in total. The van der Waals surface area contributed by atoms with Crippen LogP contribution in [0.25, 0.3) is 0 Å². The van der Waals surface area contributed by atoms with Gasteiger partial charge in [-0.05, 0) is 26.3 Å². The number of carboxylic acids is 1. The summed E-state index contributed by atoms with van der Waals surface area (Å²) >= 11 is 0. The highest BCUT2D eigenvalue weighted by Crippen LogP contribution is 2.06. The van der Waals surface area contributed by atoms with Gasteiger partial charge in [0, 0.05) is 0 Å². The molecule has 0 bridgehead atoms. The van der Waals surface area contributed by atoms with Gasteiger partial charge in [-0.1, -0.05) is 20.8 Å². The standard InChI is InChI=1S/C11H22N2O3/c1-6-12-11(4,5)10(16)13-8(7(2)3)9(14)15/h7-8,12H,6H2,1-5H3,(H,13,16)(H,14,15)/t8-/m1/s1. The molecule has 0 radical (unpaired) electrons. The number of carbonyl (C=O) groups is 2. The molecule has 0 aromatic rings. The van der Waals surface area contributed by atoms with E-state index in [9.17, 15) is 9.59 Å². The van der Waals surface area contributed by atoms with Gasteiger partial charge in [0.1, 0.15) is 6.04 Å². The second kappa shape index (κ2) is 5.84. The van der Waals surface area contributed by atoms with Gasteiger partial charge in [0.2, 0.25) is 5.91 Å². The molecule has 0 aromatic carbocycles. The van der Waals surface area contributed by atoms with E-state index in [1.165, 1.54) is 0 Å². The Morgan fingerprint density at radius 1 is 1.31 bits per heavy atom. The van der Waals surface area contributed by atoms with Crippen molar-refractivity contribution in [2.75, 3.05) is 6.54 Å². The van der Waals surface area contributed by atoms with Crippen molar-refractivity contribution in [1.82, 2.24) is 10.6 Å². The molecule has 0 saturated carbocycles. The van der Waals surface area contributed by atoms with E-state index >= 15 is 0 Å². The van der Waals surface area contributed by atoms with Crippen LogP contribution in [-0.2, 0) is 9.59 Å². The minimum atomic E-state index is -1.00. The number of nitrogens with one attached hydrogen (secondary N) is 2. The van der Waals surface area contributed by atoms with Crippen molar-refractivity contribution in [3.8, 4) is 0 Å². The first-order valence-corrected chi connectivity index (χ1v) is 5.51. The van der Waals surface area contributed by atoms with Crippen molar-refractivity contribution < 1.29 is 14.7 Å². The number of hydrogen-bond donors (Lipinski definition) is 3. The van der Waals surface area contributed by atoms with Gasteiger partial charge in [-0.15, -0.1) is 0 Å². The molecule has 0 aromatic heterocycles. The Labute approximate surface area is 96.6 Å². The predicted molar refractivity (Wildman–Crippen MR) is 62.2 cm³/mol. The normalized spacial score (nSPS) is 13.6. The zero-order valence-electron chi connectivity index (χ0n) is 10.6. The fourth-order valence-electron chi connectivity index (χ4n) is 1.36. The molecule has 94 valence electrons. The zero-order valence-corrected chi connectivity index (χ0v) is 10.6. The van der Waals surface area contributed by atoms with Crippen molar-refractivity contribution in [2.45, 2.75) is 46.2 Å². The Morgan fingerprint density at radius 2 is 1.81 bits per heavy atom. The largest absolute Gasteiger partial charge is 0.480 e. The average Bonchev–Trinajstić information content (AvgIpc) is 2.12. The van der Waals surface area contributed by atoms with Gasteiger partial charge in [0.05, 0.1) is 5.54 Å². The highest BCUT2D eigenvalue weighted by molar-refractivity contribution is 5.89. The molecular formula is C11H22N2O3. The van der Waals surface area contributed by atoms with E-state index in [4.69, 9.17) is 5.11 Å². The third-order valence-corrected chi connectivity index (χ3v) is 2.41. The van der Waals surface area contributed by atoms with E-state index in [1.54, 1.807) is 27.7 Å². The lowest BCUT2D eigenvalue weighted by Gasteiger charge is -2.27. The second-order valence-electron chi connectivity index (χ2n) is 4.69. The van der Waals surface area contributed by atoms with Crippen LogP contribution in [0.3, 0.4) is 0 Å². The number of rotatable bonds is 6. The van der Waals surface area contributed by atoms with Crippen molar-refractivity contribution in [3.05, 3.63) is 0 Å². The van der Waals surface area contributed by atoms with Crippen LogP contribution < -0.4 is 10.6 Å². The van der Waals surface area contributed by atoms with Gasteiger partial charge in [0.25, 0.3) is 0 Å². The van der Waals surface area contributed by atoms with Crippen molar-refractivity contribution in [3.63, 3.8) is 0 Å². The third-order valence-electron chi connectivity index (χ3n) is 2.41. The maximum Gasteiger partial charge on any atom is 0.326 e. The number of likely N-dealkylation sites (N-methyl/N-ethyl adjacent to an activating group) is 1. The summed E-state index contributed by atoms with van der Waals surface area (Å²) in [6.45, 7) is 9.53. The fraction of sp³-hybridized carbons (Fsp3) is 0.818. The summed E-state index contributed by atoms with van der Waals surface area (Å²) in [5, 5.41) is 14.5. The molecule has 0 saturated heterocycles. The number of aliphatic carboxylic acids is 1. The lowest BCUT2D eigenvalue weighted by atomic mass is 10.00. The maximum absolute atomic E-state index is 11.8. The van der Waals surface area contributed by atoms with Crippen LogP contribution in [-0.4, -0.2) is 35.1 Å². The lowest BCUT2D eigenvalue weighted by Crippen LogP contribution is -2.57. The zero-order chi connectivity index (χ0) is 12.9. The third kappa shape index (κ3) is 4.18. The van der Waals surface area contributed by atoms with Crippen LogP contribution in [0.2, 0.25) is 0 Å². The molecular weight excluding hydrogens is 208 g/mol. The molecule has 1 atom stereocenters. The Hall–Kier alpha value is -1.10. The average molecular weight is 230 g/mol. The number of carbonyl (C=O) groups excluding carboxylic acids is 1. The van der Waals surface area contributed by atoms with Gasteiger partial charge in [-0.3, -0.25) is 4.79 Å². The van der Waals surface area contributed by atoms with Crippen molar-refractivity contribution in [1.29, 1.82) is 0 Å². The lowest BCUT2D eigenvalue weighted by molar-refractivity contribution is -0.144. The predicted octanol–water partition coefficient (Wildman–Crippen LogP) is 0.600. The van der Waals surface area contributed by atoms with E-state index < -0.39 is 17.6 Å². The molecule has 5 heteroatoms. The molecule has 0 aliphatic heterocycles. The van der Waals surface area contributed by atoms with Gasteiger partial charge in [-0.25, -0.2) is 4.79 Å². The van der Waals surface area contributed by atoms with Crippen LogP contribution in [0, 0.1) is 5.92 Å². The molecule has 0 spiro atoms. The molecule has 3 N–H and O–H groups in total. The minimum Gasteiger partial charge on any atom is -0.480 e. The van der Waals surface area contributed by atoms with E-state index in [0.29, 0.717) is 6.54 Å². The molecule has 1 amide bonds. The first kappa shape index (κ1) is 14.9. The van der Waals surface area contributed by atoms with Crippen LogP contribution in [0.1, 0.15) is 34.6 Å². The van der Waals surface area contributed by atoms with Gasteiger partial charge >= 0.3 is 5.97 Å². The summed E-state index contributed by atoms with van der Waals surface area (Å²) in [5.41, 5.74) is -0.753. The summed E-state index contributed by atoms with van der Waals surface area (Å²) in [4.78, 5) is 22.8. The molecule has 0 aliphatic carbocycles. The van der Waals surface area contributed by atoms with Crippen LogP contribution >= 0.6 is 0 Å². The smallest absolute Gasteiger partial charge is 0.326 e. The van der Waals surface area contributed by atoms with Gasteiger partial charge < -0.3 is 15.7 Å². The first-order valence-electron chi connectivity index (χ1n) is 5.51. The van der Waals surface area contributed by atoms with Gasteiger partial charge in [0.15, 0.2) is 0 Å². The maximum atomic E-state index is 11.8. The van der Waals surface area contributed by atoms with E-state index in [2.05, 4.69) is 10.6 Å². The Morgan fingerprint density at radius 3 is 2.12 bits per heavy atom. The summed E-state index contributed by atoms with van der Waals surface area (Å²) < 4.78 is 0. The SMILES string of the molecule is CCNC(C)(C)C(=O)N[C@@H](C(=O)O)C(C)C. The number of amides is 1. The Bertz CT molecular complexity index is 262. The quantitative estimate of drug-likeness (QED) is 0.624. The summed E-state index contributed by atoms with van der Waals surface area (Å²) in [7, 11) is 0. The molecule has 0 unspecified atom stereocenters. The molecule has 16 heavy (non-hydrogen) atoms. The van der Waals surface area contributed by atoms with Crippen LogP contribution in [0.4, 0.5) is 0 Å². The summed E-state index contributed by atoms with van der Waals surface area (Å²) in [6.07, 6.45) is 0. The Balaban J connectivity index is 4.58. The molecule has 0 heterocycles. The highest BCUT2D eigenvalue weighted by Gasteiger charge is 2.31. The van der Waals surface area contributed by atoms with Crippen LogP contribution in [0.5, 0.6) is 0 Å². The van der Waals surface area contributed by atoms with E-state index in [0.717, 1.165) is 0 Å².